The quantitative estimate of drug-likeness (QED) is 0.854. The van der Waals surface area contributed by atoms with Crippen LogP contribution in [0, 0.1) is 0 Å². The van der Waals surface area contributed by atoms with Crippen molar-refractivity contribution in [3.05, 3.63) is 33.8 Å². The molecule has 0 spiro atoms. The Labute approximate surface area is 123 Å². The Kier molecular flexibility index (Phi) is 3.81. The minimum absolute atomic E-state index is 0.00911. The number of carbonyl (C=O) groups excluding carboxylic acids is 1. The Hall–Kier alpha value is -0.610. The molecule has 1 aromatic rings. The zero-order chi connectivity index (χ0) is 13.4. The highest BCUT2D eigenvalue weighted by Crippen LogP contribution is 2.26. The molecule has 0 amide bonds. The van der Waals surface area contributed by atoms with Crippen molar-refractivity contribution in [2.24, 2.45) is 0 Å². The Morgan fingerprint density at radius 1 is 1.16 bits per heavy atom. The maximum absolute atomic E-state index is 12.5. The summed E-state index contributed by atoms with van der Waals surface area (Å²) in [6.07, 6.45) is 0.327. The standard InChI is InChI=1S/C14H16Cl2N2O/c15-11-2-1-3-12(16)10(11)8-14(19)13-9-17-4-6-18(13)7-5-17/h1-3,13H,4-9H2. The van der Waals surface area contributed by atoms with E-state index in [1.165, 1.54) is 0 Å². The largest absolute Gasteiger partial charge is 0.299 e. The van der Waals surface area contributed by atoms with E-state index >= 15 is 0 Å². The third-order valence-electron chi connectivity index (χ3n) is 4.06. The lowest BCUT2D eigenvalue weighted by atomic mass is 9.98. The van der Waals surface area contributed by atoms with E-state index in [-0.39, 0.29) is 11.8 Å². The summed E-state index contributed by atoms with van der Waals surface area (Å²) in [7, 11) is 0. The number of halogens is 2. The van der Waals surface area contributed by atoms with E-state index in [2.05, 4.69) is 9.80 Å². The second kappa shape index (κ2) is 5.41. The lowest BCUT2D eigenvalue weighted by Gasteiger charge is -2.46. The van der Waals surface area contributed by atoms with Gasteiger partial charge in [-0.15, -0.1) is 0 Å². The highest BCUT2D eigenvalue weighted by Gasteiger charge is 2.36. The summed E-state index contributed by atoms with van der Waals surface area (Å²) in [5, 5.41) is 1.16. The van der Waals surface area contributed by atoms with Gasteiger partial charge in [-0.2, -0.15) is 0 Å². The van der Waals surface area contributed by atoms with Crippen LogP contribution in [0.2, 0.25) is 10.0 Å². The molecule has 0 aliphatic carbocycles. The highest BCUT2D eigenvalue weighted by atomic mass is 35.5. The maximum Gasteiger partial charge on any atom is 0.155 e. The Balaban J connectivity index is 1.75. The summed E-state index contributed by atoms with van der Waals surface area (Å²) >= 11 is 12.3. The van der Waals surface area contributed by atoms with E-state index in [1.54, 1.807) is 18.2 Å². The Morgan fingerprint density at radius 2 is 1.79 bits per heavy atom. The average Bonchev–Trinajstić information content (AvgIpc) is 2.44. The first-order valence-electron chi connectivity index (χ1n) is 6.57. The molecular formula is C14H16Cl2N2O. The topological polar surface area (TPSA) is 23.6 Å². The van der Waals surface area contributed by atoms with Crippen molar-refractivity contribution >= 4 is 29.0 Å². The number of carbonyl (C=O) groups is 1. The maximum atomic E-state index is 12.5. The molecule has 0 saturated carbocycles. The van der Waals surface area contributed by atoms with E-state index < -0.39 is 0 Å². The van der Waals surface area contributed by atoms with Gasteiger partial charge in [-0.1, -0.05) is 29.3 Å². The van der Waals surface area contributed by atoms with Crippen LogP contribution in [0.3, 0.4) is 0 Å². The molecule has 1 aromatic carbocycles. The molecule has 0 radical (unpaired) electrons. The second-order valence-electron chi connectivity index (χ2n) is 5.20. The molecule has 19 heavy (non-hydrogen) atoms. The van der Waals surface area contributed by atoms with Crippen LogP contribution < -0.4 is 0 Å². The molecule has 3 nitrogen and oxygen atoms in total. The molecule has 3 aliphatic heterocycles. The van der Waals surface area contributed by atoms with E-state index in [0.717, 1.165) is 38.3 Å². The molecule has 5 heteroatoms. The van der Waals surface area contributed by atoms with Gasteiger partial charge in [-0.05, 0) is 17.7 Å². The molecule has 0 N–H and O–H groups in total. The van der Waals surface area contributed by atoms with Crippen LogP contribution in [0.1, 0.15) is 5.56 Å². The number of hydrogen-bond acceptors (Lipinski definition) is 3. The highest BCUT2D eigenvalue weighted by molar-refractivity contribution is 6.36. The smallest absolute Gasteiger partial charge is 0.155 e. The number of ketones is 1. The zero-order valence-corrected chi connectivity index (χ0v) is 12.1. The third-order valence-corrected chi connectivity index (χ3v) is 4.77. The second-order valence-corrected chi connectivity index (χ2v) is 6.01. The normalized spacial score (nSPS) is 29.5. The summed E-state index contributed by atoms with van der Waals surface area (Å²) in [6, 6.07) is 5.38. The molecule has 102 valence electrons. The summed E-state index contributed by atoms with van der Waals surface area (Å²) in [4.78, 5) is 17.1. The van der Waals surface area contributed by atoms with Gasteiger partial charge < -0.3 is 0 Å². The number of rotatable bonds is 3. The van der Waals surface area contributed by atoms with Gasteiger partial charge in [0.1, 0.15) is 0 Å². The van der Waals surface area contributed by atoms with Crippen molar-refractivity contribution < 1.29 is 4.79 Å². The third kappa shape index (κ3) is 2.65. The lowest BCUT2D eigenvalue weighted by Crippen LogP contribution is -2.63. The predicted octanol–water partition coefficient (Wildman–Crippen LogP) is 2.10. The van der Waals surface area contributed by atoms with E-state index in [4.69, 9.17) is 23.2 Å². The number of fused-ring (bicyclic) bond motifs is 3. The fourth-order valence-corrected chi connectivity index (χ4v) is 3.45. The molecule has 3 aliphatic rings. The van der Waals surface area contributed by atoms with Crippen LogP contribution in [-0.4, -0.2) is 54.3 Å². The molecular weight excluding hydrogens is 283 g/mol. The number of Topliss-reactive ketones (excluding diaryl/α,β-unsaturated/α-hetero) is 1. The predicted molar refractivity (Wildman–Crippen MR) is 77.0 cm³/mol. The van der Waals surface area contributed by atoms with Crippen LogP contribution in [0.25, 0.3) is 0 Å². The Morgan fingerprint density at radius 3 is 2.32 bits per heavy atom. The first kappa shape index (κ1) is 13.4. The van der Waals surface area contributed by atoms with Gasteiger partial charge in [0, 0.05) is 49.2 Å². The van der Waals surface area contributed by atoms with E-state index in [9.17, 15) is 4.79 Å². The zero-order valence-electron chi connectivity index (χ0n) is 10.6. The van der Waals surface area contributed by atoms with Gasteiger partial charge in [0.15, 0.2) is 5.78 Å². The molecule has 3 heterocycles. The van der Waals surface area contributed by atoms with Crippen LogP contribution in [-0.2, 0) is 11.2 Å². The van der Waals surface area contributed by atoms with Gasteiger partial charge in [0.2, 0.25) is 0 Å². The number of nitrogens with zero attached hydrogens (tertiary/aromatic N) is 2. The lowest BCUT2D eigenvalue weighted by molar-refractivity contribution is -0.128. The molecule has 0 aromatic heterocycles. The van der Waals surface area contributed by atoms with Crippen molar-refractivity contribution in [3.63, 3.8) is 0 Å². The summed E-state index contributed by atoms with van der Waals surface area (Å²) in [6.45, 7) is 4.99. The first-order valence-corrected chi connectivity index (χ1v) is 7.33. The van der Waals surface area contributed by atoms with Gasteiger partial charge in [-0.25, -0.2) is 0 Å². The van der Waals surface area contributed by atoms with Gasteiger partial charge in [0.25, 0.3) is 0 Å². The van der Waals surface area contributed by atoms with Crippen LogP contribution in [0.5, 0.6) is 0 Å². The fraction of sp³-hybridized carbons (Fsp3) is 0.500. The van der Waals surface area contributed by atoms with Crippen molar-refractivity contribution in [2.75, 3.05) is 32.7 Å². The van der Waals surface area contributed by atoms with Gasteiger partial charge >= 0.3 is 0 Å². The van der Waals surface area contributed by atoms with Gasteiger partial charge in [-0.3, -0.25) is 14.6 Å². The van der Waals surface area contributed by atoms with E-state index in [1.807, 2.05) is 0 Å². The molecule has 1 atom stereocenters. The molecule has 1 unspecified atom stereocenters. The van der Waals surface area contributed by atoms with Crippen LogP contribution in [0.4, 0.5) is 0 Å². The van der Waals surface area contributed by atoms with Crippen LogP contribution >= 0.6 is 23.2 Å². The van der Waals surface area contributed by atoms with Crippen molar-refractivity contribution in [1.82, 2.24) is 9.80 Å². The minimum atomic E-state index is 0.00911. The minimum Gasteiger partial charge on any atom is -0.299 e. The number of benzene rings is 1. The first-order chi connectivity index (χ1) is 9.15. The molecule has 3 saturated heterocycles. The monoisotopic (exact) mass is 298 g/mol. The SMILES string of the molecule is O=C(Cc1c(Cl)cccc1Cl)C1CN2CCN1CC2. The average molecular weight is 299 g/mol. The van der Waals surface area contributed by atoms with Crippen molar-refractivity contribution in [2.45, 2.75) is 12.5 Å². The van der Waals surface area contributed by atoms with Gasteiger partial charge in [0.05, 0.1) is 6.04 Å². The number of hydrogen-bond donors (Lipinski definition) is 0. The summed E-state index contributed by atoms with van der Waals surface area (Å²) < 4.78 is 0. The summed E-state index contributed by atoms with van der Waals surface area (Å²) in [5.74, 6) is 0.222. The van der Waals surface area contributed by atoms with Crippen molar-refractivity contribution in [3.8, 4) is 0 Å². The van der Waals surface area contributed by atoms with E-state index in [0.29, 0.717) is 16.5 Å². The van der Waals surface area contributed by atoms with Crippen LogP contribution in [0.15, 0.2) is 18.2 Å². The summed E-state index contributed by atoms with van der Waals surface area (Å²) in [5.41, 5.74) is 0.758. The number of piperazine rings is 3. The fourth-order valence-electron chi connectivity index (χ4n) is 2.92. The molecule has 4 rings (SSSR count). The molecule has 2 bridgehead atoms. The molecule has 3 fully saturated rings. The Bertz CT molecular complexity index is 478. The van der Waals surface area contributed by atoms with Crippen molar-refractivity contribution in [1.29, 1.82) is 0 Å².